The number of carbonyl (C=O) groups is 2. The van der Waals surface area contributed by atoms with Crippen molar-refractivity contribution in [2.24, 2.45) is 0 Å². The van der Waals surface area contributed by atoms with Gasteiger partial charge in [0.1, 0.15) is 15.9 Å². The van der Waals surface area contributed by atoms with Crippen molar-refractivity contribution in [3.63, 3.8) is 0 Å². The Morgan fingerprint density at radius 3 is 2.61 bits per heavy atom. The van der Waals surface area contributed by atoms with Crippen LogP contribution in [0.1, 0.15) is 38.2 Å². The molecule has 130 valence electrons. The molecule has 0 aliphatic carbocycles. The highest BCUT2D eigenvalue weighted by atomic mass is 79.9. The molecule has 0 unspecified atom stereocenters. The van der Waals surface area contributed by atoms with Crippen LogP contribution in [-0.2, 0) is 16.1 Å². The largest absolute Gasteiger partial charge is 0.444 e. The van der Waals surface area contributed by atoms with E-state index >= 15 is 0 Å². The molecule has 9 heteroatoms. The molecule has 1 atom stereocenters. The molecule has 0 radical (unpaired) electrons. The average Bonchev–Trinajstić information content (AvgIpc) is 2.74. The molecule has 0 fully saturated rings. The van der Waals surface area contributed by atoms with E-state index in [0.29, 0.717) is 16.8 Å². The number of hydroxylamine groups is 2. The zero-order valence-corrected chi connectivity index (χ0v) is 15.8. The number of aromatic nitrogens is 2. The molecule has 1 aromatic rings. The third-order valence-corrected chi connectivity index (χ3v) is 3.13. The fraction of sp³-hybridized carbons (Fsp3) is 0.643. The van der Waals surface area contributed by atoms with Gasteiger partial charge in [-0.25, -0.2) is 9.86 Å². The van der Waals surface area contributed by atoms with Crippen LogP contribution in [0.4, 0.5) is 4.79 Å². The second-order valence-corrected chi connectivity index (χ2v) is 6.88. The smallest absolute Gasteiger partial charge is 0.407 e. The second kappa shape index (κ2) is 7.78. The van der Waals surface area contributed by atoms with Crippen LogP contribution in [0.3, 0.4) is 0 Å². The molecule has 8 nitrogen and oxygen atoms in total. The quantitative estimate of drug-likeness (QED) is 0.778. The Bertz CT molecular complexity index is 568. The number of nitrogens with zero attached hydrogens (tertiary/aromatic N) is 3. The van der Waals surface area contributed by atoms with Gasteiger partial charge in [-0.2, -0.15) is 5.10 Å². The molecule has 2 amide bonds. The van der Waals surface area contributed by atoms with E-state index in [0.717, 1.165) is 5.06 Å². The number of rotatable bonds is 5. The van der Waals surface area contributed by atoms with Gasteiger partial charge in [0, 0.05) is 19.2 Å². The SMILES string of the molecule is CON(C)C(=O)c1cc(Br)nn1C[C@@H](C)NC(=O)OC(C)(C)C. The normalized spacial score (nSPS) is 12.7. The molecular weight excluding hydrogens is 368 g/mol. The van der Waals surface area contributed by atoms with E-state index in [1.165, 1.54) is 18.8 Å². The topological polar surface area (TPSA) is 85.7 Å². The van der Waals surface area contributed by atoms with Crippen LogP contribution in [0.15, 0.2) is 10.7 Å². The van der Waals surface area contributed by atoms with Gasteiger partial charge >= 0.3 is 6.09 Å². The van der Waals surface area contributed by atoms with E-state index in [2.05, 4.69) is 26.3 Å². The first-order valence-corrected chi connectivity index (χ1v) is 7.88. The van der Waals surface area contributed by atoms with Crippen molar-refractivity contribution in [1.82, 2.24) is 20.2 Å². The summed E-state index contributed by atoms with van der Waals surface area (Å²) in [6.07, 6.45) is -0.516. The van der Waals surface area contributed by atoms with Crippen LogP contribution < -0.4 is 5.32 Å². The standard InChI is InChI=1S/C14H23BrN4O4/c1-9(16-13(21)23-14(2,3)4)8-19-10(7-11(15)17-19)12(20)18(5)22-6/h7,9H,8H2,1-6H3,(H,16,21)/t9-/m1/s1. The predicted octanol–water partition coefficient (Wildman–Crippen LogP) is 2.19. The Kier molecular flexibility index (Phi) is 6.57. The lowest BCUT2D eigenvalue weighted by molar-refractivity contribution is -0.0764. The highest BCUT2D eigenvalue weighted by Gasteiger charge is 2.22. The Morgan fingerprint density at radius 2 is 2.09 bits per heavy atom. The predicted molar refractivity (Wildman–Crippen MR) is 87.9 cm³/mol. The number of alkyl carbamates (subject to hydrolysis) is 1. The van der Waals surface area contributed by atoms with Gasteiger partial charge in [0.05, 0.1) is 13.7 Å². The Morgan fingerprint density at radius 1 is 1.48 bits per heavy atom. The molecule has 0 saturated carbocycles. The monoisotopic (exact) mass is 390 g/mol. The number of hydrogen-bond acceptors (Lipinski definition) is 5. The van der Waals surface area contributed by atoms with E-state index in [-0.39, 0.29) is 11.9 Å². The molecule has 0 spiro atoms. The van der Waals surface area contributed by atoms with E-state index in [1.807, 2.05) is 0 Å². The Hall–Kier alpha value is -1.61. The molecule has 1 N–H and O–H groups in total. The van der Waals surface area contributed by atoms with Gasteiger partial charge in [-0.15, -0.1) is 0 Å². The lowest BCUT2D eigenvalue weighted by Gasteiger charge is -2.22. The molecule has 0 saturated heterocycles. The number of ether oxygens (including phenoxy) is 1. The van der Waals surface area contributed by atoms with Crippen molar-refractivity contribution in [2.75, 3.05) is 14.2 Å². The number of amides is 2. The molecule has 0 bridgehead atoms. The lowest BCUT2D eigenvalue weighted by Crippen LogP contribution is -2.40. The molecule has 1 heterocycles. The van der Waals surface area contributed by atoms with Gasteiger partial charge in [0.15, 0.2) is 0 Å². The first-order valence-electron chi connectivity index (χ1n) is 7.08. The number of carbonyl (C=O) groups excluding carboxylic acids is 2. The van der Waals surface area contributed by atoms with Gasteiger partial charge in [0.2, 0.25) is 0 Å². The van der Waals surface area contributed by atoms with Crippen LogP contribution in [0.2, 0.25) is 0 Å². The van der Waals surface area contributed by atoms with Crippen LogP contribution in [-0.4, -0.2) is 52.6 Å². The minimum Gasteiger partial charge on any atom is -0.444 e. The maximum absolute atomic E-state index is 12.2. The summed E-state index contributed by atoms with van der Waals surface area (Å²) in [5, 5.41) is 8.02. The maximum atomic E-state index is 12.2. The average molecular weight is 391 g/mol. The van der Waals surface area contributed by atoms with Crippen molar-refractivity contribution < 1.29 is 19.2 Å². The first-order chi connectivity index (χ1) is 10.5. The minimum absolute atomic E-state index is 0.281. The van der Waals surface area contributed by atoms with Gasteiger partial charge < -0.3 is 10.1 Å². The summed E-state index contributed by atoms with van der Waals surface area (Å²) in [6, 6.07) is 1.31. The van der Waals surface area contributed by atoms with Crippen LogP contribution >= 0.6 is 15.9 Å². The summed E-state index contributed by atoms with van der Waals surface area (Å²) in [6.45, 7) is 7.48. The number of nitrogens with one attached hydrogen (secondary N) is 1. The van der Waals surface area contributed by atoms with Gasteiger partial charge in [-0.1, -0.05) is 0 Å². The minimum atomic E-state index is -0.569. The molecule has 0 aromatic carbocycles. The molecule has 1 aromatic heterocycles. The van der Waals surface area contributed by atoms with Crippen molar-refractivity contribution in [3.05, 3.63) is 16.4 Å². The highest BCUT2D eigenvalue weighted by molar-refractivity contribution is 9.10. The third kappa shape index (κ3) is 6.19. The second-order valence-electron chi connectivity index (χ2n) is 6.07. The van der Waals surface area contributed by atoms with Gasteiger partial charge in [-0.05, 0) is 43.6 Å². The van der Waals surface area contributed by atoms with Crippen LogP contribution in [0, 0.1) is 0 Å². The van der Waals surface area contributed by atoms with Crippen molar-refractivity contribution in [1.29, 1.82) is 0 Å². The van der Waals surface area contributed by atoms with Crippen molar-refractivity contribution in [2.45, 2.75) is 45.9 Å². The van der Waals surface area contributed by atoms with Gasteiger partial charge in [-0.3, -0.25) is 14.3 Å². The zero-order valence-electron chi connectivity index (χ0n) is 14.2. The van der Waals surface area contributed by atoms with Crippen molar-refractivity contribution >= 4 is 27.9 Å². The van der Waals surface area contributed by atoms with E-state index in [1.54, 1.807) is 33.8 Å². The number of halogens is 1. The fourth-order valence-electron chi connectivity index (χ4n) is 1.75. The lowest BCUT2D eigenvalue weighted by atomic mass is 10.2. The molecule has 1 rings (SSSR count). The summed E-state index contributed by atoms with van der Waals surface area (Å²) < 4.78 is 7.23. The number of hydrogen-bond donors (Lipinski definition) is 1. The summed E-state index contributed by atoms with van der Waals surface area (Å²) >= 11 is 3.25. The maximum Gasteiger partial charge on any atom is 0.407 e. The molecule has 23 heavy (non-hydrogen) atoms. The van der Waals surface area contributed by atoms with Crippen LogP contribution in [0.25, 0.3) is 0 Å². The van der Waals surface area contributed by atoms with E-state index in [9.17, 15) is 9.59 Å². The van der Waals surface area contributed by atoms with E-state index in [4.69, 9.17) is 9.57 Å². The Balaban J connectivity index is 2.77. The fourth-order valence-corrected chi connectivity index (χ4v) is 2.16. The molecule has 0 aliphatic heterocycles. The Labute approximate surface area is 144 Å². The summed E-state index contributed by atoms with van der Waals surface area (Å²) in [5.74, 6) is -0.338. The van der Waals surface area contributed by atoms with Gasteiger partial charge in [0.25, 0.3) is 5.91 Å². The molecule has 0 aliphatic rings. The first kappa shape index (κ1) is 19.4. The summed E-state index contributed by atoms with van der Waals surface area (Å²) in [7, 11) is 2.91. The summed E-state index contributed by atoms with van der Waals surface area (Å²) in [5.41, 5.74) is -0.222. The van der Waals surface area contributed by atoms with Crippen LogP contribution in [0.5, 0.6) is 0 Å². The highest BCUT2D eigenvalue weighted by Crippen LogP contribution is 2.14. The third-order valence-electron chi connectivity index (χ3n) is 2.74. The molecular formula is C14H23BrN4O4. The van der Waals surface area contributed by atoms with E-state index < -0.39 is 11.7 Å². The van der Waals surface area contributed by atoms with Crippen molar-refractivity contribution in [3.8, 4) is 0 Å². The zero-order chi connectivity index (χ0) is 17.8. The summed E-state index contributed by atoms with van der Waals surface area (Å²) in [4.78, 5) is 28.9.